The zero-order valence-electron chi connectivity index (χ0n) is 7.88. The average Bonchev–Trinajstić information content (AvgIpc) is 1.98. The Morgan fingerprint density at radius 2 is 1.92 bits per heavy atom. The molecule has 4 heteroatoms. The highest BCUT2D eigenvalue weighted by Gasteiger charge is 2.16. The maximum atomic E-state index is 11.3. The minimum atomic E-state index is -2.76. The minimum Gasteiger partial charge on any atom is -0.318 e. The first kappa shape index (κ1) is 12.5. The Morgan fingerprint density at radius 3 is 2.42 bits per heavy atom. The maximum Gasteiger partial charge on any atom is 0.290 e. The first-order valence-corrected chi connectivity index (χ1v) is 7.27. The zero-order chi connectivity index (χ0) is 9.45. The molecule has 0 fully saturated rings. The van der Waals surface area contributed by atoms with Gasteiger partial charge in [-0.1, -0.05) is 26.7 Å². The van der Waals surface area contributed by atoms with Crippen molar-refractivity contribution in [3.8, 4) is 0 Å². The van der Waals surface area contributed by atoms with Crippen LogP contribution < -0.4 is 0 Å². The number of rotatable bonds is 7. The van der Waals surface area contributed by atoms with Crippen LogP contribution in [0.2, 0.25) is 0 Å². The van der Waals surface area contributed by atoms with Gasteiger partial charge in [0, 0.05) is 6.16 Å². The van der Waals surface area contributed by atoms with Crippen molar-refractivity contribution < 1.29 is 9.09 Å². The average molecular weight is 213 g/mol. The zero-order valence-corrected chi connectivity index (χ0v) is 9.53. The molecule has 0 aromatic rings. The summed E-state index contributed by atoms with van der Waals surface area (Å²) in [5.74, 6) is 0. The summed E-state index contributed by atoms with van der Waals surface area (Å²) in [5, 5.41) is 0. The van der Waals surface area contributed by atoms with Gasteiger partial charge >= 0.3 is 0 Å². The van der Waals surface area contributed by atoms with E-state index in [1.807, 2.05) is 6.92 Å². The highest BCUT2D eigenvalue weighted by atomic mass is 35.7. The molecule has 0 spiro atoms. The molecule has 0 heterocycles. The van der Waals surface area contributed by atoms with Crippen LogP contribution in [0.5, 0.6) is 0 Å². The van der Waals surface area contributed by atoms with Gasteiger partial charge in [0.15, 0.2) is 0 Å². The van der Waals surface area contributed by atoms with E-state index >= 15 is 0 Å². The first-order chi connectivity index (χ1) is 5.62. The van der Waals surface area contributed by atoms with Gasteiger partial charge in [0.25, 0.3) is 6.72 Å². The second-order valence-corrected chi connectivity index (χ2v) is 6.29. The Labute approximate surface area is 79.9 Å². The number of halogens is 1. The van der Waals surface area contributed by atoms with Crippen molar-refractivity contribution in [3.05, 3.63) is 0 Å². The summed E-state index contributed by atoms with van der Waals surface area (Å²) in [6, 6.07) is 0. The van der Waals surface area contributed by atoms with Crippen LogP contribution in [0.15, 0.2) is 0 Å². The monoisotopic (exact) mass is 212 g/mol. The molecule has 0 aromatic heterocycles. The van der Waals surface area contributed by atoms with E-state index in [4.69, 9.17) is 15.8 Å². The number of hydrogen-bond acceptors (Lipinski definition) is 2. The molecule has 0 amide bonds. The van der Waals surface area contributed by atoms with Crippen LogP contribution in [0, 0.1) is 0 Å². The number of hydrogen-bond donors (Lipinski definition) is 0. The molecule has 0 bridgehead atoms. The van der Waals surface area contributed by atoms with Gasteiger partial charge in [-0.05, 0) is 24.1 Å². The second kappa shape index (κ2) is 6.94. The quantitative estimate of drug-likeness (QED) is 0.470. The normalized spacial score (nSPS) is 15.9. The van der Waals surface area contributed by atoms with Crippen LogP contribution >= 0.6 is 18.0 Å². The van der Waals surface area contributed by atoms with E-state index in [0.29, 0.717) is 12.8 Å². The summed E-state index contributed by atoms with van der Waals surface area (Å²) in [7, 11) is 0. The summed E-state index contributed by atoms with van der Waals surface area (Å²) < 4.78 is 16.4. The minimum absolute atomic E-state index is 0.487. The van der Waals surface area contributed by atoms with Crippen molar-refractivity contribution >= 4 is 18.0 Å². The van der Waals surface area contributed by atoms with Crippen LogP contribution in [-0.4, -0.2) is 12.8 Å². The Balaban J connectivity index is 3.41. The fraction of sp³-hybridized carbons (Fsp3) is 1.00. The van der Waals surface area contributed by atoms with Gasteiger partial charge < -0.3 is 4.52 Å². The van der Waals surface area contributed by atoms with Gasteiger partial charge in [-0.3, -0.25) is 4.57 Å². The van der Waals surface area contributed by atoms with Crippen molar-refractivity contribution in [1.29, 1.82) is 0 Å². The summed E-state index contributed by atoms with van der Waals surface area (Å²) >= 11 is 5.65. The lowest BCUT2D eigenvalue weighted by Crippen LogP contribution is -1.92. The Hall–Kier alpha value is 0.480. The van der Waals surface area contributed by atoms with E-state index in [-0.39, 0.29) is 0 Å². The van der Waals surface area contributed by atoms with E-state index < -0.39 is 6.72 Å². The van der Waals surface area contributed by atoms with E-state index in [1.54, 1.807) is 0 Å². The smallest absolute Gasteiger partial charge is 0.290 e. The van der Waals surface area contributed by atoms with Crippen molar-refractivity contribution in [3.63, 3.8) is 0 Å². The molecule has 0 N–H and O–H groups in total. The molecule has 0 aromatic carbocycles. The molecule has 2 nitrogen and oxygen atoms in total. The standard InChI is InChI=1S/C8H18ClO2P/c1-3-5-6-7-11-12(9,10)8-4-2/h3-8H2,1-2H3. The molecule has 0 radical (unpaired) electrons. The fourth-order valence-electron chi connectivity index (χ4n) is 0.885. The molecule has 0 aliphatic carbocycles. The molecular formula is C8H18ClO2P. The third-order valence-corrected chi connectivity index (χ3v) is 3.87. The lowest BCUT2D eigenvalue weighted by molar-refractivity contribution is 0.313. The summed E-state index contributed by atoms with van der Waals surface area (Å²) in [4.78, 5) is 0. The third kappa shape index (κ3) is 7.15. The molecule has 0 aliphatic rings. The van der Waals surface area contributed by atoms with Gasteiger partial charge in [-0.2, -0.15) is 0 Å². The topological polar surface area (TPSA) is 26.3 Å². The van der Waals surface area contributed by atoms with Crippen LogP contribution in [0.25, 0.3) is 0 Å². The van der Waals surface area contributed by atoms with Gasteiger partial charge in [-0.15, -0.1) is 0 Å². The Kier molecular flexibility index (Phi) is 7.22. The van der Waals surface area contributed by atoms with E-state index in [1.165, 1.54) is 0 Å². The van der Waals surface area contributed by atoms with Crippen molar-refractivity contribution in [2.75, 3.05) is 12.8 Å². The molecule has 0 aliphatic heterocycles. The molecule has 74 valence electrons. The Bertz CT molecular complexity index is 150. The first-order valence-electron chi connectivity index (χ1n) is 4.55. The van der Waals surface area contributed by atoms with Crippen molar-refractivity contribution in [1.82, 2.24) is 0 Å². The lowest BCUT2D eigenvalue weighted by atomic mass is 10.3. The third-order valence-electron chi connectivity index (χ3n) is 1.52. The molecule has 1 unspecified atom stereocenters. The lowest BCUT2D eigenvalue weighted by Gasteiger charge is -2.09. The van der Waals surface area contributed by atoms with Crippen LogP contribution in [-0.2, 0) is 9.09 Å². The highest BCUT2D eigenvalue weighted by Crippen LogP contribution is 2.52. The van der Waals surface area contributed by atoms with Gasteiger partial charge in [0.05, 0.1) is 6.61 Å². The maximum absolute atomic E-state index is 11.3. The van der Waals surface area contributed by atoms with Crippen molar-refractivity contribution in [2.24, 2.45) is 0 Å². The van der Waals surface area contributed by atoms with Gasteiger partial charge in [0.1, 0.15) is 0 Å². The second-order valence-electron chi connectivity index (χ2n) is 2.85. The summed E-state index contributed by atoms with van der Waals surface area (Å²) in [6.45, 7) is 1.84. The predicted octanol–water partition coefficient (Wildman–Crippen LogP) is 4.04. The van der Waals surface area contributed by atoms with Gasteiger partial charge in [0.2, 0.25) is 0 Å². The molecule has 1 atom stereocenters. The SMILES string of the molecule is CCCCCOP(=O)(Cl)CCC. The summed E-state index contributed by atoms with van der Waals surface area (Å²) in [6.07, 6.45) is 4.51. The fourth-order valence-corrected chi connectivity index (χ4v) is 2.66. The summed E-state index contributed by atoms with van der Waals surface area (Å²) in [5.41, 5.74) is 0. The van der Waals surface area contributed by atoms with Crippen molar-refractivity contribution in [2.45, 2.75) is 39.5 Å². The van der Waals surface area contributed by atoms with Gasteiger partial charge in [-0.25, -0.2) is 0 Å². The molecule has 0 saturated carbocycles. The van der Waals surface area contributed by atoms with E-state index in [9.17, 15) is 4.57 Å². The number of unbranched alkanes of at least 4 members (excludes halogenated alkanes) is 2. The highest BCUT2D eigenvalue weighted by molar-refractivity contribution is 7.85. The van der Waals surface area contributed by atoms with E-state index in [0.717, 1.165) is 25.7 Å². The van der Waals surface area contributed by atoms with Crippen LogP contribution in [0.1, 0.15) is 39.5 Å². The molecule has 0 saturated heterocycles. The van der Waals surface area contributed by atoms with Crippen LogP contribution in [0.4, 0.5) is 0 Å². The molecule has 12 heavy (non-hydrogen) atoms. The molecule has 0 rings (SSSR count). The largest absolute Gasteiger partial charge is 0.318 e. The Morgan fingerprint density at radius 1 is 1.25 bits per heavy atom. The van der Waals surface area contributed by atoms with Crippen LogP contribution in [0.3, 0.4) is 0 Å². The predicted molar refractivity (Wildman–Crippen MR) is 54.1 cm³/mol. The molecular weight excluding hydrogens is 195 g/mol. The van der Waals surface area contributed by atoms with E-state index in [2.05, 4.69) is 6.92 Å².